The highest BCUT2D eigenvalue weighted by Crippen LogP contribution is 2.34. The first-order chi connectivity index (χ1) is 11.4. The summed E-state index contributed by atoms with van der Waals surface area (Å²) in [5.41, 5.74) is 2.62. The molecule has 24 heavy (non-hydrogen) atoms. The third-order valence-electron chi connectivity index (χ3n) is 3.62. The molecule has 1 aliphatic heterocycles. The number of nitrogens with zero attached hydrogens (tertiary/aromatic N) is 2. The second-order valence-corrected chi connectivity index (χ2v) is 6.67. The second kappa shape index (κ2) is 6.67. The average molecular weight is 387 g/mol. The van der Waals surface area contributed by atoms with Crippen LogP contribution in [-0.4, -0.2) is 22.4 Å². The fraction of sp³-hybridized carbons (Fsp3) is 0.250. The zero-order chi connectivity index (χ0) is 17.4. The Bertz CT molecular complexity index is 835. The Labute approximate surface area is 154 Å². The molecule has 2 heterocycles. The number of aromatic nitrogens is 2. The summed E-state index contributed by atoms with van der Waals surface area (Å²) in [5.74, 6) is 0.341. The van der Waals surface area contributed by atoms with E-state index in [0.717, 1.165) is 5.69 Å². The van der Waals surface area contributed by atoms with Gasteiger partial charge >= 0.3 is 5.97 Å². The Morgan fingerprint density at radius 1 is 1.25 bits per heavy atom. The van der Waals surface area contributed by atoms with Crippen LogP contribution in [0.3, 0.4) is 0 Å². The quantitative estimate of drug-likeness (QED) is 0.609. The fourth-order valence-electron chi connectivity index (χ4n) is 2.54. The Morgan fingerprint density at radius 2 is 1.92 bits per heavy atom. The first-order valence-electron chi connectivity index (χ1n) is 7.22. The molecule has 3 rings (SSSR count). The number of hydrogen-bond donors (Lipinski definition) is 1. The van der Waals surface area contributed by atoms with Gasteiger partial charge in [0.2, 0.25) is 0 Å². The summed E-state index contributed by atoms with van der Waals surface area (Å²) in [6.07, 6.45) is 0.577. The summed E-state index contributed by atoms with van der Waals surface area (Å²) < 4.78 is 6.58. The number of cyclic esters (lactones) is 1. The van der Waals surface area contributed by atoms with Gasteiger partial charge in [0, 0.05) is 23.2 Å². The Kier molecular flexibility index (Phi) is 4.76. The molecule has 0 amide bonds. The largest absolute Gasteiger partial charge is 0.462 e. The number of anilines is 1. The van der Waals surface area contributed by atoms with E-state index in [1.165, 1.54) is 0 Å². The van der Waals surface area contributed by atoms with Gasteiger partial charge in [-0.1, -0.05) is 34.8 Å². The SMILES string of the molecule is C/C(Nc1cc(C)nn1-c1c(Cl)cc(Cl)cc1Cl)=C1/CCOC1=O. The highest BCUT2D eigenvalue weighted by atomic mass is 35.5. The van der Waals surface area contributed by atoms with E-state index in [4.69, 9.17) is 39.5 Å². The Morgan fingerprint density at radius 3 is 2.50 bits per heavy atom. The van der Waals surface area contributed by atoms with Gasteiger partial charge in [-0.3, -0.25) is 0 Å². The molecule has 1 fully saturated rings. The maximum atomic E-state index is 11.7. The van der Waals surface area contributed by atoms with E-state index in [9.17, 15) is 4.79 Å². The van der Waals surface area contributed by atoms with Crippen molar-refractivity contribution in [2.75, 3.05) is 11.9 Å². The molecule has 2 aromatic rings. The number of rotatable bonds is 3. The number of benzene rings is 1. The molecule has 1 saturated heterocycles. The van der Waals surface area contributed by atoms with E-state index < -0.39 is 0 Å². The topological polar surface area (TPSA) is 56.1 Å². The van der Waals surface area contributed by atoms with Crippen LogP contribution in [0.1, 0.15) is 19.0 Å². The number of aryl methyl sites for hydroxylation is 1. The van der Waals surface area contributed by atoms with Crippen molar-refractivity contribution in [2.24, 2.45) is 0 Å². The standard InChI is InChI=1S/C16H14Cl3N3O2/c1-8-5-14(20-9(2)11-3-4-24-16(11)23)22(21-8)15-12(18)6-10(17)7-13(15)19/h5-7,20H,3-4H2,1-2H3/b11-9+. The number of carbonyl (C=O) groups is 1. The van der Waals surface area contributed by atoms with Crippen LogP contribution in [0.4, 0.5) is 5.82 Å². The normalized spacial score (nSPS) is 16.3. The van der Waals surface area contributed by atoms with E-state index in [0.29, 0.717) is 50.9 Å². The summed E-state index contributed by atoms with van der Waals surface area (Å²) in [4.78, 5) is 11.7. The maximum absolute atomic E-state index is 11.7. The molecular formula is C16H14Cl3N3O2. The van der Waals surface area contributed by atoms with Gasteiger partial charge in [-0.2, -0.15) is 5.10 Å². The number of allylic oxidation sites excluding steroid dienone is 1. The number of ether oxygens (including phenoxy) is 1. The average Bonchev–Trinajstić information content (AvgIpc) is 3.04. The lowest BCUT2D eigenvalue weighted by Crippen LogP contribution is -2.09. The first-order valence-corrected chi connectivity index (χ1v) is 8.35. The molecular weight excluding hydrogens is 373 g/mol. The van der Waals surface area contributed by atoms with Gasteiger partial charge in [-0.05, 0) is 26.0 Å². The third kappa shape index (κ3) is 3.24. The van der Waals surface area contributed by atoms with E-state index in [2.05, 4.69) is 10.4 Å². The van der Waals surface area contributed by atoms with E-state index >= 15 is 0 Å². The van der Waals surface area contributed by atoms with Crippen molar-refractivity contribution in [3.63, 3.8) is 0 Å². The third-order valence-corrected chi connectivity index (χ3v) is 4.42. The number of halogens is 3. The van der Waals surface area contributed by atoms with Gasteiger partial charge in [-0.25, -0.2) is 9.48 Å². The van der Waals surface area contributed by atoms with Crippen LogP contribution in [0.2, 0.25) is 15.1 Å². The molecule has 8 heteroatoms. The summed E-state index contributed by atoms with van der Waals surface area (Å²) >= 11 is 18.6. The highest BCUT2D eigenvalue weighted by molar-refractivity contribution is 6.40. The molecule has 1 aromatic heterocycles. The number of carbonyl (C=O) groups excluding carboxylic acids is 1. The van der Waals surface area contributed by atoms with Crippen LogP contribution in [0.25, 0.3) is 5.69 Å². The van der Waals surface area contributed by atoms with E-state index in [-0.39, 0.29) is 5.97 Å². The van der Waals surface area contributed by atoms with Gasteiger partial charge in [0.25, 0.3) is 0 Å². The molecule has 0 unspecified atom stereocenters. The van der Waals surface area contributed by atoms with Crippen molar-refractivity contribution < 1.29 is 9.53 Å². The summed E-state index contributed by atoms with van der Waals surface area (Å²) in [6.45, 7) is 4.08. The predicted molar refractivity (Wildman–Crippen MR) is 95.2 cm³/mol. The second-order valence-electron chi connectivity index (χ2n) is 5.42. The molecule has 1 aromatic carbocycles. The molecule has 0 bridgehead atoms. The molecule has 0 radical (unpaired) electrons. The molecule has 1 N–H and O–H groups in total. The minimum atomic E-state index is -0.301. The van der Waals surface area contributed by atoms with Crippen molar-refractivity contribution in [2.45, 2.75) is 20.3 Å². The smallest absolute Gasteiger partial charge is 0.335 e. The number of esters is 1. The van der Waals surface area contributed by atoms with E-state index in [1.54, 1.807) is 16.8 Å². The first kappa shape index (κ1) is 17.1. The van der Waals surface area contributed by atoms with Crippen molar-refractivity contribution in [3.8, 4) is 5.69 Å². The Balaban J connectivity index is 2.05. The fourth-order valence-corrected chi connectivity index (χ4v) is 3.52. The van der Waals surface area contributed by atoms with Gasteiger partial charge in [-0.15, -0.1) is 0 Å². The molecule has 0 saturated carbocycles. The van der Waals surface area contributed by atoms with Gasteiger partial charge < -0.3 is 10.1 Å². The monoisotopic (exact) mass is 385 g/mol. The van der Waals surface area contributed by atoms with Gasteiger partial charge in [0.15, 0.2) is 0 Å². The van der Waals surface area contributed by atoms with Gasteiger partial charge in [0.05, 0.1) is 27.9 Å². The molecule has 1 aliphatic rings. The molecule has 0 spiro atoms. The lowest BCUT2D eigenvalue weighted by molar-refractivity contribution is -0.135. The van der Waals surface area contributed by atoms with Crippen LogP contribution >= 0.6 is 34.8 Å². The number of nitrogens with one attached hydrogen (secondary N) is 1. The molecule has 5 nitrogen and oxygen atoms in total. The van der Waals surface area contributed by atoms with E-state index in [1.807, 2.05) is 19.9 Å². The Hall–Kier alpha value is -1.69. The van der Waals surface area contributed by atoms with Crippen molar-refractivity contribution in [3.05, 3.63) is 50.2 Å². The van der Waals surface area contributed by atoms with Crippen molar-refractivity contribution in [1.82, 2.24) is 9.78 Å². The maximum Gasteiger partial charge on any atom is 0.335 e. The minimum absolute atomic E-state index is 0.301. The molecule has 126 valence electrons. The minimum Gasteiger partial charge on any atom is -0.462 e. The lowest BCUT2D eigenvalue weighted by atomic mass is 10.2. The van der Waals surface area contributed by atoms with Crippen LogP contribution in [0.15, 0.2) is 29.5 Å². The molecule has 0 aliphatic carbocycles. The summed E-state index contributed by atoms with van der Waals surface area (Å²) in [7, 11) is 0. The van der Waals surface area contributed by atoms with Crippen LogP contribution in [-0.2, 0) is 9.53 Å². The zero-order valence-corrected chi connectivity index (χ0v) is 15.3. The number of hydrogen-bond acceptors (Lipinski definition) is 4. The molecule has 0 atom stereocenters. The summed E-state index contributed by atoms with van der Waals surface area (Å²) in [5, 5.41) is 8.84. The predicted octanol–water partition coefficient (Wildman–Crippen LogP) is 4.77. The van der Waals surface area contributed by atoms with Gasteiger partial charge in [0.1, 0.15) is 11.5 Å². The zero-order valence-electron chi connectivity index (χ0n) is 13.0. The lowest BCUT2D eigenvalue weighted by Gasteiger charge is -2.14. The highest BCUT2D eigenvalue weighted by Gasteiger charge is 2.22. The van der Waals surface area contributed by atoms with Crippen molar-refractivity contribution >= 4 is 46.6 Å². The van der Waals surface area contributed by atoms with Crippen LogP contribution < -0.4 is 5.32 Å². The van der Waals surface area contributed by atoms with Crippen LogP contribution in [0, 0.1) is 6.92 Å². The summed E-state index contributed by atoms with van der Waals surface area (Å²) in [6, 6.07) is 5.04. The van der Waals surface area contributed by atoms with Crippen molar-refractivity contribution in [1.29, 1.82) is 0 Å². The van der Waals surface area contributed by atoms with Crippen LogP contribution in [0.5, 0.6) is 0 Å².